The first kappa shape index (κ1) is 18.4. The zero-order valence-corrected chi connectivity index (χ0v) is 10.5. The first-order valence-electron chi connectivity index (χ1n) is 5.40. The van der Waals surface area contributed by atoms with Gasteiger partial charge in [0, 0.05) is 25.7 Å². The summed E-state index contributed by atoms with van der Waals surface area (Å²) in [6.45, 7) is 5.24. The summed E-state index contributed by atoms with van der Waals surface area (Å²) in [6.07, 6.45) is 1.17. The maximum Gasteiger partial charge on any atom is 0.328 e. The van der Waals surface area contributed by atoms with Gasteiger partial charge in [0.05, 0.1) is 19.8 Å². The van der Waals surface area contributed by atoms with Gasteiger partial charge in [-0.15, -0.1) is 0 Å². The number of carboxylic acids is 1. The van der Waals surface area contributed by atoms with Crippen molar-refractivity contribution < 1.29 is 25.2 Å². The topological polar surface area (TPSA) is 101 Å². The van der Waals surface area contributed by atoms with Gasteiger partial charge in [-0.05, 0) is 13.8 Å². The second-order valence-electron chi connectivity index (χ2n) is 3.57. The third-order valence-corrected chi connectivity index (χ3v) is 1.66. The van der Waals surface area contributed by atoms with Crippen LogP contribution in [0.15, 0.2) is 11.6 Å². The third kappa shape index (κ3) is 17.7. The Hall–Kier alpha value is -0.950. The van der Waals surface area contributed by atoms with Crippen molar-refractivity contribution in [3.63, 3.8) is 0 Å². The Balaban J connectivity index is 0. The molecule has 0 saturated heterocycles. The first-order chi connectivity index (χ1) is 7.97. The molecule has 0 rings (SSSR count). The standard InChI is InChI=1S/C6H15NO3.C5H8O2/c8-4-1-7(2-5-9)3-6-10;1-4(2)3-5(6)7/h8-10H,1-6H2;3H,1-2H3,(H,6,7). The number of aliphatic hydroxyl groups excluding tert-OH is 3. The van der Waals surface area contributed by atoms with Crippen LogP contribution in [0.4, 0.5) is 0 Å². The van der Waals surface area contributed by atoms with Crippen molar-refractivity contribution in [2.45, 2.75) is 13.8 Å². The van der Waals surface area contributed by atoms with Crippen LogP contribution < -0.4 is 0 Å². The lowest BCUT2D eigenvalue weighted by Gasteiger charge is -2.17. The Kier molecular flexibility index (Phi) is 14.2. The molecule has 0 radical (unpaired) electrons. The average molecular weight is 249 g/mol. The Morgan fingerprint density at radius 2 is 1.35 bits per heavy atom. The van der Waals surface area contributed by atoms with Gasteiger partial charge in [-0.1, -0.05) is 5.57 Å². The molecule has 4 N–H and O–H groups in total. The van der Waals surface area contributed by atoms with Gasteiger partial charge < -0.3 is 20.4 Å². The second-order valence-corrected chi connectivity index (χ2v) is 3.57. The fourth-order valence-electron chi connectivity index (χ4n) is 1.01. The van der Waals surface area contributed by atoms with E-state index < -0.39 is 5.97 Å². The molecule has 0 aromatic rings. The van der Waals surface area contributed by atoms with Crippen LogP contribution in [0.3, 0.4) is 0 Å². The van der Waals surface area contributed by atoms with E-state index in [1.54, 1.807) is 18.7 Å². The van der Waals surface area contributed by atoms with Gasteiger partial charge >= 0.3 is 5.97 Å². The highest BCUT2D eigenvalue weighted by Gasteiger charge is 2.00. The number of hydrogen-bond acceptors (Lipinski definition) is 5. The van der Waals surface area contributed by atoms with Crippen LogP contribution in [-0.4, -0.2) is 70.8 Å². The molecule has 0 fully saturated rings. The van der Waals surface area contributed by atoms with Crippen LogP contribution in [0, 0.1) is 0 Å². The Labute approximate surface area is 102 Å². The predicted octanol–water partition coefficient (Wildman–Crippen LogP) is -0.697. The van der Waals surface area contributed by atoms with Crippen LogP contribution >= 0.6 is 0 Å². The molecule has 0 aliphatic heterocycles. The molecule has 0 spiro atoms. The normalized spacial score (nSPS) is 9.53. The number of aliphatic hydroxyl groups is 3. The van der Waals surface area contributed by atoms with Gasteiger partial charge in [0.2, 0.25) is 0 Å². The monoisotopic (exact) mass is 249 g/mol. The fraction of sp³-hybridized carbons (Fsp3) is 0.727. The van der Waals surface area contributed by atoms with Crippen LogP contribution in [0.5, 0.6) is 0 Å². The van der Waals surface area contributed by atoms with Gasteiger partial charge in [0.1, 0.15) is 0 Å². The number of carbonyl (C=O) groups is 1. The maximum absolute atomic E-state index is 9.73. The van der Waals surface area contributed by atoms with E-state index in [0.717, 1.165) is 5.57 Å². The summed E-state index contributed by atoms with van der Waals surface area (Å²) >= 11 is 0. The van der Waals surface area contributed by atoms with Crippen molar-refractivity contribution in [2.75, 3.05) is 39.5 Å². The Morgan fingerprint density at radius 1 is 1.00 bits per heavy atom. The number of allylic oxidation sites excluding steroid dienone is 1. The quantitative estimate of drug-likeness (QED) is 0.445. The van der Waals surface area contributed by atoms with Crippen molar-refractivity contribution in [1.29, 1.82) is 0 Å². The molecule has 0 bridgehead atoms. The smallest absolute Gasteiger partial charge is 0.328 e. The van der Waals surface area contributed by atoms with Crippen molar-refractivity contribution in [1.82, 2.24) is 4.90 Å². The van der Waals surface area contributed by atoms with E-state index >= 15 is 0 Å². The zero-order chi connectivity index (χ0) is 13.7. The number of carboxylic acid groups (broad SMARTS) is 1. The van der Waals surface area contributed by atoms with Gasteiger partial charge in [0.15, 0.2) is 0 Å². The van der Waals surface area contributed by atoms with E-state index in [2.05, 4.69) is 0 Å². The molecule has 0 aliphatic carbocycles. The molecule has 0 aromatic carbocycles. The van der Waals surface area contributed by atoms with E-state index in [0.29, 0.717) is 19.6 Å². The molecule has 0 amide bonds. The van der Waals surface area contributed by atoms with E-state index in [1.165, 1.54) is 6.08 Å². The molecule has 0 atom stereocenters. The maximum atomic E-state index is 9.73. The molecular weight excluding hydrogens is 226 g/mol. The van der Waals surface area contributed by atoms with E-state index in [1.807, 2.05) is 0 Å². The van der Waals surface area contributed by atoms with Crippen molar-refractivity contribution in [3.8, 4) is 0 Å². The summed E-state index contributed by atoms with van der Waals surface area (Å²) in [7, 11) is 0. The lowest BCUT2D eigenvalue weighted by Crippen LogP contribution is -2.32. The molecule has 102 valence electrons. The Bertz CT molecular complexity index is 200. The fourth-order valence-corrected chi connectivity index (χ4v) is 1.01. The second kappa shape index (κ2) is 13.1. The van der Waals surface area contributed by atoms with Crippen LogP contribution in [-0.2, 0) is 4.79 Å². The van der Waals surface area contributed by atoms with E-state index in [-0.39, 0.29) is 19.8 Å². The molecule has 0 saturated carbocycles. The van der Waals surface area contributed by atoms with Crippen LogP contribution in [0.25, 0.3) is 0 Å². The minimum atomic E-state index is -0.875. The molecule has 0 heterocycles. The molecule has 6 nitrogen and oxygen atoms in total. The molecule has 17 heavy (non-hydrogen) atoms. The van der Waals surface area contributed by atoms with Crippen molar-refractivity contribution in [2.24, 2.45) is 0 Å². The molecule has 0 aliphatic rings. The zero-order valence-electron chi connectivity index (χ0n) is 10.5. The number of hydrogen-bond donors (Lipinski definition) is 4. The van der Waals surface area contributed by atoms with Gasteiger partial charge in [-0.3, -0.25) is 4.90 Å². The summed E-state index contributed by atoms with van der Waals surface area (Å²) < 4.78 is 0. The minimum absolute atomic E-state index is 0.0694. The van der Waals surface area contributed by atoms with Crippen molar-refractivity contribution >= 4 is 5.97 Å². The molecule has 6 heteroatoms. The van der Waals surface area contributed by atoms with Crippen LogP contribution in [0.1, 0.15) is 13.8 Å². The minimum Gasteiger partial charge on any atom is -0.478 e. The lowest BCUT2D eigenvalue weighted by molar-refractivity contribution is -0.131. The average Bonchev–Trinajstić information content (AvgIpc) is 2.17. The summed E-state index contributed by atoms with van der Waals surface area (Å²) in [5.74, 6) is -0.875. The Morgan fingerprint density at radius 3 is 1.47 bits per heavy atom. The van der Waals surface area contributed by atoms with Crippen molar-refractivity contribution in [3.05, 3.63) is 11.6 Å². The summed E-state index contributed by atoms with van der Waals surface area (Å²) in [5.41, 5.74) is 0.813. The summed E-state index contributed by atoms with van der Waals surface area (Å²) in [6, 6.07) is 0. The third-order valence-electron chi connectivity index (χ3n) is 1.66. The number of rotatable bonds is 7. The van der Waals surface area contributed by atoms with Gasteiger partial charge in [0.25, 0.3) is 0 Å². The highest BCUT2D eigenvalue weighted by Crippen LogP contribution is 1.85. The van der Waals surface area contributed by atoms with Gasteiger partial charge in [-0.25, -0.2) is 4.79 Å². The number of aliphatic carboxylic acids is 1. The van der Waals surface area contributed by atoms with Gasteiger partial charge in [-0.2, -0.15) is 0 Å². The largest absolute Gasteiger partial charge is 0.478 e. The SMILES string of the molecule is CC(C)=CC(=O)O.OCCN(CCO)CCO. The molecule has 0 unspecified atom stereocenters. The summed E-state index contributed by atoms with van der Waals surface area (Å²) in [5, 5.41) is 33.5. The predicted molar refractivity (Wildman–Crippen MR) is 64.8 cm³/mol. The highest BCUT2D eigenvalue weighted by atomic mass is 16.4. The first-order valence-corrected chi connectivity index (χ1v) is 5.40. The molecule has 0 aromatic heterocycles. The molecular formula is C11H23NO5. The van der Waals surface area contributed by atoms with E-state index in [4.69, 9.17) is 20.4 Å². The lowest BCUT2D eigenvalue weighted by atomic mass is 10.3. The van der Waals surface area contributed by atoms with Crippen LogP contribution in [0.2, 0.25) is 0 Å². The highest BCUT2D eigenvalue weighted by molar-refractivity contribution is 5.80. The van der Waals surface area contributed by atoms with E-state index in [9.17, 15) is 4.79 Å². The number of nitrogens with zero attached hydrogens (tertiary/aromatic N) is 1. The summed E-state index contributed by atoms with van der Waals surface area (Å²) in [4.78, 5) is 11.5.